The fourth-order valence-electron chi connectivity index (χ4n) is 1.95. The average Bonchev–Trinajstić information content (AvgIpc) is 2.81. The molecule has 2 N–H and O–H groups in total. The number of aromatic nitrogens is 1. The van der Waals surface area contributed by atoms with Crippen molar-refractivity contribution in [2.45, 2.75) is 27.2 Å². The first-order chi connectivity index (χ1) is 9.58. The summed E-state index contributed by atoms with van der Waals surface area (Å²) in [4.78, 5) is 21.2. The number of rotatable bonds is 8. The second-order valence-corrected chi connectivity index (χ2v) is 5.40. The summed E-state index contributed by atoms with van der Waals surface area (Å²) in [6, 6.07) is 0. The van der Waals surface area contributed by atoms with Gasteiger partial charge < -0.3 is 15.5 Å². The van der Waals surface area contributed by atoms with Gasteiger partial charge in [-0.2, -0.15) is 0 Å². The van der Waals surface area contributed by atoms with Gasteiger partial charge in [-0.15, -0.1) is 6.58 Å². The second kappa shape index (κ2) is 7.89. The Morgan fingerprint density at radius 3 is 2.55 bits per heavy atom. The Balaban J connectivity index is 3.00. The number of amides is 1. The molecule has 1 amide bonds. The van der Waals surface area contributed by atoms with Crippen molar-refractivity contribution >= 4 is 28.2 Å². The Hall–Kier alpha value is -1.56. The minimum atomic E-state index is -0.0554. The lowest BCUT2D eigenvalue weighted by atomic mass is 10.3. The van der Waals surface area contributed by atoms with Crippen molar-refractivity contribution in [1.82, 2.24) is 9.88 Å². The van der Waals surface area contributed by atoms with Crippen molar-refractivity contribution in [3.63, 3.8) is 0 Å². The topological polar surface area (TPSA) is 62.5 Å². The maximum atomic E-state index is 12.5. The third-order valence-corrected chi connectivity index (χ3v) is 4.12. The van der Waals surface area contributed by atoms with E-state index in [1.165, 1.54) is 11.3 Å². The van der Waals surface area contributed by atoms with Crippen LogP contribution in [0.2, 0.25) is 0 Å². The van der Waals surface area contributed by atoms with E-state index in [1.54, 1.807) is 11.0 Å². The highest BCUT2D eigenvalue weighted by Crippen LogP contribution is 2.29. The van der Waals surface area contributed by atoms with Crippen LogP contribution in [0, 0.1) is 0 Å². The first-order valence-corrected chi connectivity index (χ1v) is 7.81. The molecule has 0 saturated carbocycles. The molecule has 0 saturated heterocycles. The highest BCUT2D eigenvalue weighted by molar-refractivity contribution is 7.18. The number of carbonyl (C=O) groups excluding carboxylic acids is 1. The molecule has 1 heterocycles. The fraction of sp³-hybridized carbons (Fsp3) is 0.571. The fourth-order valence-corrected chi connectivity index (χ4v) is 3.03. The van der Waals surface area contributed by atoms with Gasteiger partial charge in [0, 0.05) is 26.2 Å². The summed E-state index contributed by atoms with van der Waals surface area (Å²) in [6.07, 6.45) is 2.64. The highest BCUT2D eigenvalue weighted by Gasteiger charge is 2.22. The molecule has 20 heavy (non-hydrogen) atoms. The smallest absolute Gasteiger partial charge is 0.268 e. The van der Waals surface area contributed by atoms with Gasteiger partial charge in [0.15, 0.2) is 5.13 Å². The Bertz CT molecular complexity index is 454. The van der Waals surface area contributed by atoms with Crippen molar-refractivity contribution in [3.05, 3.63) is 17.5 Å². The highest BCUT2D eigenvalue weighted by atomic mass is 32.1. The van der Waals surface area contributed by atoms with E-state index in [9.17, 15) is 4.79 Å². The van der Waals surface area contributed by atoms with E-state index < -0.39 is 0 Å². The standard InChI is InChI=1S/C14H24N4OS/c1-5-9-18(10-6-2)13(19)11-12(15)16-14(20-11)17(7-3)8-4/h5H,1,6-10,15H2,2-4H3. The molecule has 6 heteroatoms. The number of carbonyl (C=O) groups is 1. The van der Waals surface area contributed by atoms with Crippen LogP contribution in [0.1, 0.15) is 36.9 Å². The van der Waals surface area contributed by atoms with E-state index in [0.717, 1.165) is 24.6 Å². The summed E-state index contributed by atoms with van der Waals surface area (Å²) < 4.78 is 0. The van der Waals surface area contributed by atoms with Gasteiger partial charge in [0.05, 0.1) is 0 Å². The number of nitrogens with zero attached hydrogens (tertiary/aromatic N) is 3. The summed E-state index contributed by atoms with van der Waals surface area (Å²) in [5.41, 5.74) is 5.92. The molecule has 0 unspecified atom stereocenters. The predicted molar refractivity (Wildman–Crippen MR) is 86.5 cm³/mol. The second-order valence-electron chi connectivity index (χ2n) is 4.42. The Morgan fingerprint density at radius 1 is 1.40 bits per heavy atom. The monoisotopic (exact) mass is 296 g/mol. The van der Waals surface area contributed by atoms with E-state index >= 15 is 0 Å². The van der Waals surface area contributed by atoms with Crippen LogP contribution in [0.5, 0.6) is 0 Å². The maximum Gasteiger partial charge on any atom is 0.268 e. The van der Waals surface area contributed by atoms with Crippen LogP contribution in [0.4, 0.5) is 10.9 Å². The molecule has 0 aromatic carbocycles. The first kappa shape index (κ1) is 16.5. The normalized spacial score (nSPS) is 10.3. The maximum absolute atomic E-state index is 12.5. The lowest BCUT2D eigenvalue weighted by Crippen LogP contribution is -2.31. The summed E-state index contributed by atoms with van der Waals surface area (Å²) in [6.45, 7) is 12.8. The largest absolute Gasteiger partial charge is 0.382 e. The molecule has 0 atom stereocenters. The lowest BCUT2D eigenvalue weighted by Gasteiger charge is -2.19. The molecule has 1 aromatic heterocycles. The zero-order chi connectivity index (χ0) is 15.1. The van der Waals surface area contributed by atoms with E-state index in [2.05, 4.69) is 30.3 Å². The Kier molecular flexibility index (Phi) is 6.51. The molecule has 1 aromatic rings. The predicted octanol–water partition coefficient (Wildman–Crippen LogP) is 2.61. The Morgan fingerprint density at radius 2 is 2.05 bits per heavy atom. The third-order valence-electron chi connectivity index (χ3n) is 3.00. The van der Waals surface area contributed by atoms with E-state index in [-0.39, 0.29) is 5.91 Å². The SMILES string of the molecule is C=CCN(CCC)C(=O)c1sc(N(CC)CC)nc1N. The van der Waals surface area contributed by atoms with Gasteiger partial charge in [-0.3, -0.25) is 4.79 Å². The zero-order valence-electron chi connectivity index (χ0n) is 12.6. The van der Waals surface area contributed by atoms with E-state index in [0.29, 0.717) is 23.8 Å². The van der Waals surface area contributed by atoms with Crippen LogP contribution in [-0.4, -0.2) is 42.0 Å². The molecule has 1 rings (SSSR count). The van der Waals surface area contributed by atoms with E-state index in [1.807, 2.05) is 6.92 Å². The molecule has 0 aliphatic carbocycles. The van der Waals surface area contributed by atoms with Gasteiger partial charge >= 0.3 is 0 Å². The van der Waals surface area contributed by atoms with Crippen LogP contribution in [-0.2, 0) is 0 Å². The number of thiazole rings is 1. The van der Waals surface area contributed by atoms with Crippen LogP contribution in [0.3, 0.4) is 0 Å². The molecule has 5 nitrogen and oxygen atoms in total. The van der Waals surface area contributed by atoms with Gasteiger partial charge in [-0.05, 0) is 20.3 Å². The average molecular weight is 296 g/mol. The van der Waals surface area contributed by atoms with E-state index in [4.69, 9.17) is 5.73 Å². The summed E-state index contributed by atoms with van der Waals surface area (Å²) in [7, 11) is 0. The number of hydrogen-bond acceptors (Lipinski definition) is 5. The van der Waals surface area contributed by atoms with Crippen molar-refractivity contribution in [2.24, 2.45) is 0 Å². The van der Waals surface area contributed by atoms with Crippen LogP contribution in [0.15, 0.2) is 12.7 Å². The van der Waals surface area contributed by atoms with Crippen LogP contribution >= 0.6 is 11.3 Å². The zero-order valence-corrected chi connectivity index (χ0v) is 13.4. The molecule has 0 aliphatic rings. The van der Waals surface area contributed by atoms with Crippen LogP contribution in [0.25, 0.3) is 0 Å². The first-order valence-electron chi connectivity index (χ1n) is 7.00. The van der Waals surface area contributed by atoms with Gasteiger partial charge in [-0.1, -0.05) is 24.3 Å². The summed E-state index contributed by atoms with van der Waals surface area (Å²) >= 11 is 1.37. The molecule has 112 valence electrons. The molecular formula is C14H24N4OS. The molecule has 0 spiro atoms. The summed E-state index contributed by atoms with van der Waals surface area (Å²) in [5, 5.41) is 0.811. The number of hydrogen-bond donors (Lipinski definition) is 1. The van der Waals surface area contributed by atoms with Crippen molar-refractivity contribution in [3.8, 4) is 0 Å². The van der Waals surface area contributed by atoms with Gasteiger partial charge in [0.25, 0.3) is 5.91 Å². The number of nitrogen functional groups attached to an aromatic ring is 1. The van der Waals surface area contributed by atoms with Gasteiger partial charge in [0.1, 0.15) is 10.7 Å². The van der Waals surface area contributed by atoms with Gasteiger partial charge in [-0.25, -0.2) is 4.98 Å². The van der Waals surface area contributed by atoms with Crippen LogP contribution < -0.4 is 10.6 Å². The van der Waals surface area contributed by atoms with Gasteiger partial charge in [0.2, 0.25) is 0 Å². The molecule has 0 radical (unpaired) electrons. The minimum absolute atomic E-state index is 0.0554. The quantitative estimate of drug-likeness (QED) is 0.749. The van der Waals surface area contributed by atoms with Crippen molar-refractivity contribution < 1.29 is 4.79 Å². The molecular weight excluding hydrogens is 272 g/mol. The minimum Gasteiger partial charge on any atom is -0.382 e. The third kappa shape index (κ3) is 3.72. The Labute approximate surface area is 125 Å². The number of nitrogens with two attached hydrogens (primary N) is 1. The number of anilines is 2. The van der Waals surface area contributed by atoms with Crippen molar-refractivity contribution in [2.75, 3.05) is 36.8 Å². The molecule has 0 bridgehead atoms. The molecule has 0 aliphatic heterocycles. The molecule has 0 fully saturated rings. The summed E-state index contributed by atoms with van der Waals surface area (Å²) in [5.74, 6) is 0.271. The lowest BCUT2D eigenvalue weighted by molar-refractivity contribution is 0.0779. The van der Waals surface area contributed by atoms with Crippen molar-refractivity contribution in [1.29, 1.82) is 0 Å².